The van der Waals surface area contributed by atoms with E-state index >= 15 is 0 Å². The van der Waals surface area contributed by atoms with Gasteiger partial charge in [0.2, 0.25) is 0 Å². The molecule has 0 aromatic rings. The van der Waals surface area contributed by atoms with Crippen molar-refractivity contribution in [3.05, 3.63) is 0 Å². The molecule has 0 heterocycles. The van der Waals surface area contributed by atoms with Gasteiger partial charge >= 0.3 is 0 Å². The highest BCUT2D eigenvalue weighted by molar-refractivity contribution is 4.55. The molecule has 0 aliphatic carbocycles. The van der Waals surface area contributed by atoms with Crippen LogP contribution in [0.5, 0.6) is 0 Å². The normalized spacial score (nSPS) is 13.7. The lowest BCUT2D eigenvalue weighted by molar-refractivity contribution is 0.215. The topological polar surface area (TPSA) is 32.3 Å². The molecule has 2 heteroatoms. The second-order valence-corrected chi connectivity index (χ2v) is 2.35. The van der Waals surface area contributed by atoms with Crippen LogP contribution in [-0.2, 0) is 0 Å². The van der Waals surface area contributed by atoms with Crippen LogP contribution >= 0.6 is 0 Å². The highest BCUT2D eigenvalue weighted by Gasteiger charge is 2.01. The van der Waals surface area contributed by atoms with Gasteiger partial charge in [0.05, 0.1) is 0 Å². The number of hydrogen-bond donors (Lipinski definition) is 2. The maximum Gasteiger partial charge on any atom is 0.0459 e. The van der Waals surface area contributed by atoms with Crippen molar-refractivity contribution in [2.24, 2.45) is 5.92 Å². The van der Waals surface area contributed by atoms with Gasteiger partial charge in [-0.2, -0.15) is 0 Å². The van der Waals surface area contributed by atoms with Gasteiger partial charge in [0.15, 0.2) is 0 Å². The molecular weight excluding hydrogens is 114 g/mol. The average molecular weight is 131 g/mol. The molecular formula is C7H17NO. The van der Waals surface area contributed by atoms with Gasteiger partial charge in [-0.15, -0.1) is 0 Å². The van der Waals surface area contributed by atoms with Gasteiger partial charge in [-0.05, 0) is 25.9 Å². The summed E-state index contributed by atoms with van der Waals surface area (Å²) in [6, 6.07) is 0. The SMILES string of the molecule is CCC(CO)CCNC. The second kappa shape index (κ2) is 6.05. The molecule has 56 valence electrons. The Morgan fingerprint density at radius 2 is 2.22 bits per heavy atom. The van der Waals surface area contributed by atoms with Crippen molar-refractivity contribution in [3.8, 4) is 0 Å². The zero-order chi connectivity index (χ0) is 7.11. The first-order valence-electron chi connectivity index (χ1n) is 3.60. The Bertz CT molecular complexity index is 52.9. The van der Waals surface area contributed by atoms with Gasteiger partial charge in [-0.3, -0.25) is 0 Å². The first kappa shape index (κ1) is 8.92. The van der Waals surface area contributed by atoms with Crippen LogP contribution in [0.3, 0.4) is 0 Å². The molecule has 0 rings (SSSR count). The lowest BCUT2D eigenvalue weighted by Crippen LogP contribution is -2.14. The second-order valence-electron chi connectivity index (χ2n) is 2.35. The minimum Gasteiger partial charge on any atom is -0.396 e. The average Bonchev–Trinajstić information content (AvgIpc) is 1.91. The Morgan fingerprint density at radius 1 is 1.56 bits per heavy atom. The maximum atomic E-state index is 8.72. The molecule has 0 amide bonds. The van der Waals surface area contributed by atoms with Gasteiger partial charge in [0, 0.05) is 6.61 Å². The zero-order valence-electron chi connectivity index (χ0n) is 6.35. The minimum absolute atomic E-state index is 0.332. The van der Waals surface area contributed by atoms with Crippen molar-refractivity contribution in [1.82, 2.24) is 5.32 Å². The van der Waals surface area contributed by atoms with Crippen LogP contribution in [0.4, 0.5) is 0 Å². The fourth-order valence-electron chi connectivity index (χ4n) is 0.773. The molecule has 0 aliphatic rings. The van der Waals surface area contributed by atoms with E-state index in [1.807, 2.05) is 7.05 Å². The molecule has 2 N–H and O–H groups in total. The van der Waals surface area contributed by atoms with Crippen molar-refractivity contribution in [2.45, 2.75) is 19.8 Å². The third kappa shape index (κ3) is 4.43. The molecule has 0 bridgehead atoms. The molecule has 1 atom stereocenters. The number of nitrogens with one attached hydrogen (secondary N) is 1. The molecule has 0 fully saturated rings. The summed E-state index contributed by atoms with van der Waals surface area (Å²) in [4.78, 5) is 0. The van der Waals surface area contributed by atoms with E-state index < -0.39 is 0 Å². The maximum absolute atomic E-state index is 8.72. The largest absolute Gasteiger partial charge is 0.396 e. The van der Waals surface area contributed by atoms with Gasteiger partial charge < -0.3 is 10.4 Å². The number of aliphatic hydroxyl groups is 1. The predicted molar refractivity (Wildman–Crippen MR) is 39.4 cm³/mol. The highest BCUT2D eigenvalue weighted by atomic mass is 16.3. The first-order valence-corrected chi connectivity index (χ1v) is 3.60. The molecule has 0 radical (unpaired) electrons. The molecule has 0 aromatic heterocycles. The Balaban J connectivity index is 3.09. The number of hydrogen-bond acceptors (Lipinski definition) is 2. The van der Waals surface area contributed by atoms with Gasteiger partial charge in [0.25, 0.3) is 0 Å². The smallest absolute Gasteiger partial charge is 0.0459 e. The Morgan fingerprint density at radius 3 is 2.56 bits per heavy atom. The summed E-state index contributed by atoms with van der Waals surface area (Å²) in [6.07, 6.45) is 2.17. The Hall–Kier alpha value is -0.0800. The van der Waals surface area contributed by atoms with Crippen molar-refractivity contribution in [2.75, 3.05) is 20.2 Å². The van der Waals surface area contributed by atoms with Crippen LogP contribution in [0, 0.1) is 5.92 Å². The van der Waals surface area contributed by atoms with E-state index in [4.69, 9.17) is 5.11 Å². The third-order valence-corrected chi connectivity index (χ3v) is 1.64. The summed E-state index contributed by atoms with van der Waals surface area (Å²) in [5, 5.41) is 11.8. The molecule has 9 heavy (non-hydrogen) atoms. The Kier molecular flexibility index (Phi) is 5.99. The summed E-state index contributed by atoms with van der Waals surface area (Å²) in [5.41, 5.74) is 0. The summed E-state index contributed by atoms with van der Waals surface area (Å²) < 4.78 is 0. The van der Waals surface area contributed by atoms with Gasteiger partial charge in [-0.25, -0.2) is 0 Å². The van der Waals surface area contributed by atoms with Gasteiger partial charge in [-0.1, -0.05) is 13.3 Å². The first-order chi connectivity index (χ1) is 4.35. The predicted octanol–water partition coefficient (Wildman–Crippen LogP) is 0.614. The van der Waals surface area contributed by atoms with E-state index in [0.717, 1.165) is 19.4 Å². The molecule has 0 aliphatic heterocycles. The Labute approximate surface area is 57.3 Å². The minimum atomic E-state index is 0.332. The molecule has 0 saturated heterocycles. The fraction of sp³-hybridized carbons (Fsp3) is 1.00. The quantitative estimate of drug-likeness (QED) is 0.573. The van der Waals surface area contributed by atoms with Crippen molar-refractivity contribution in [3.63, 3.8) is 0 Å². The molecule has 1 unspecified atom stereocenters. The number of aliphatic hydroxyl groups excluding tert-OH is 1. The highest BCUT2D eigenvalue weighted by Crippen LogP contribution is 2.04. The van der Waals surface area contributed by atoms with Gasteiger partial charge in [0.1, 0.15) is 0 Å². The summed E-state index contributed by atoms with van der Waals surface area (Å²) in [6.45, 7) is 3.45. The van der Waals surface area contributed by atoms with Crippen LogP contribution in [0.2, 0.25) is 0 Å². The number of rotatable bonds is 5. The van der Waals surface area contributed by atoms with Crippen LogP contribution < -0.4 is 5.32 Å². The van der Waals surface area contributed by atoms with E-state index in [1.165, 1.54) is 0 Å². The lowest BCUT2D eigenvalue weighted by Gasteiger charge is -2.09. The summed E-state index contributed by atoms with van der Waals surface area (Å²) >= 11 is 0. The molecule has 0 saturated carbocycles. The van der Waals surface area contributed by atoms with E-state index in [-0.39, 0.29) is 0 Å². The lowest BCUT2D eigenvalue weighted by atomic mass is 10.0. The van der Waals surface area contributed by atoms with E-state index in [0.29, 0.717) is 12.5 Å². The third-order valence-electron chi connectivity index (χ3n) is 1.64. The van der Waals surface area contributed by atoms with Crippen molar-refractivity contribution >= 4 is 0 Å². The molecule has 0 aromatic carbocycles. The zero-order valence-corrected chi connectivity index (χ0v) is 6.35. The summed E-state index contributed by atoms with van der Waals surface area (Å²) in [7, 11) is 1.93. The van der Waals surface area contributed by atoms with Crippen molar-refractivity contribution < 1.29 is 5.11 Å². The van der Waals surface area contributed by atoms with Crippen LogP contribution in [0.25, 0.3) is 0 Å². The van der Waals surface area contributed by atoms with E-state index in [2.05, 4.69) is 12.2 Å². The molecule has 0 spiro atoms. The summed E-state index contributed by atoms with van der Waals surface area (Å²) in [5.74, 6) is 0.498. The van der Waals surface area contributed by atoms with Crippen molar-refractivity contribution in [1.29, 1.82) is 0 Å². The van der Waals surface area contributed by atoms with E-state index in [9.17, 15) is 0 Å². The van der Waals surface area contributed by atoms with Crippen LogP contribution in [0.1, 0.15) is 19.8 Å². The van der Waals surface area contributed by atoms with Crippen LogP contribution in [-0.4, -0.2) is 25.3 Å². The molecule has 2 nitrogen and oxygen atoms in total. The fourth-order valence-corrected chi connectivity index (χ4v) is 0.773. The van der Waals surface area contributed by atoms with E-state index in [1.54, 1.807) is 0 Å². The standard InChI is InChI=1S/C7H17NO/c1-3-7(6-9)4-5-8-2/h7-9H,3-6H2,1-2H3. The monoisotopic (exact) mass is 131 g/mol. The van der Waals surface area contributed by atoms with Crippen LogP contribution in [0.15, 0.2) is 0 Å².